The van der Waals surface area contributed by atoms with Crippen LogP contribution in [0.1, 0.15) is 25.1 Å². The number of carbonyl (C=O) groups is 4. The monoisotopic (exact) mass is 572 g/mol. The molecule has 2 aliphatic heterocycles. The maximum Gasteiger partial charge on any atom is 0.358 e. The van der Waals surface area contributed by atoms with E-state index in [2.05, 4.69) is 20.4 Å². The first-order valence-electron chi connectivity index (χ1n) is 11.5. The van der Waals surface area contributed by atoms with Gasteiger partial charge < -0.3 is 25.4 Å². The van der Waals surface area contributed by atoms with Crippen LogP contribution in [0.2, 0.25) is 0 Å². The van der Waals surface area contributed by atoms with Gasteiger partial charge in [-0.2, -0.15) is 0 Å². The predicted molar refractivity (Wildman–Crippen MR) is 143 cm³/mol. The minimum Gasteiger partial charge on any atom is -0.426 e. The summed E-state index contributed by atoms with van der Waals surface area (Å²) in [5, 5.41) is 7.56. The van der Waals surface area contributed by atoms with Gasteiger partial charge in [-0.1, -0.05) is 23.4 Å². The summed E-state index contributed by atoms with van der Waals surface area (Å²) in [5.41, 5.74) is 7.00. The van der Waals surface area contributed by atoms with Crippen LogP contribution >= 0.6 is 23.1 Å². The number of nitrogens with zero attached hydrogens (tertiary/aromatic N) is 4. The molecular weight excluding hydrogens is 548 g/mol. The topological polar surface area (TPSA) is 175 Å². The van der Waals surface area contributed by atoms with Gasteiger partial charge in [0.2, 0.25) is 6.29 Å². The smallest absolute Gasteiger partial charge is 0.358 e. The molecule has 204 valence electrons. The number of hydrogen-bond donors (Lipinski definition) is 2. The molecule has 0 radical (unpaired) electrons. The van der Waals surface area contributed by atoms with Crippen LogP contribution in [0, 0.1) is 0 Å². The highest BCUT2D eigenvalue weighted by Crippen LogP contribution is 2.41. The molecule has 3 N–H and O–H groups in total. The van der Waals surface area contributed by atoms with Crippen molar-refractivity contribution in [2.45, 2.75) is 31.6 Å². The number of aromatic nitrogens is 2. The van der Waals surface area contributed by atoms with Crippen LogP contribution in [0.3, 0.4) is 0 Å². The van der Waals surface area contributed by atoms with E-state index in [4.69, 9.17) is 20.0 Å². The minimum atomic E-state index is -1.18. The Morgan fingerprint density at radius 2 is 2.10 bits per heavy atom. The Morgan fingerprint density at radius 1 is 1.31 bits per heavy atom. The van der Waals surface area contributed by atoms with Gasteiger partial charge in [0, 0.05) is 37.4 Å². The molecule has 1 saturated heterocycles. The molecule has 0 saturated carbocycles. The van der Waals surface area contributed by atoms with Gasteiger partial charge in [0.05, 0.1) is 0 Å². The average Bonchev–Trinajstić information content (AvgIpc) is 3.34. The number of nitrogens with two attached hydrogens (primary N) is 1. The number of nitrogen functional groups attached to an aromatic ring is 1. The summed E-state index contributed by atoms with van der Waals surface area (Å²) >= 11 is 2.47. The van der Waals surface area contributed by atoms with E-state index in [1.54, 1.807) is 36.0 Å². The van der Waals surface area contributed by atoms with Gasteiger partial charge in [0.1, 0.15) is 29.9 Å². The first-order valence-corrected chi connectivity index (χ1v) is 13.4. The van der Waals surface area contributed by atoms with Crippen LogP contribution in [0.15, 0.2) is 52.4 Å². The number of amides is 2. The molecule has 15 heteroatoms. The lowest BCUT2D eigenvalue weighted by atomic mass is 10.0. The summed E-state index contributed by atoms with van der Waals surface area (Å²) in [6.07, 6.45) is 5.55. The Morgan fingerprint density at radius 3 is 2.74 bits per heavy atom. The summed E-state index contributed by atoms with van der Waals surface area (Å²) in [4.78, 5) is 64.9. The number of pyridine rings is 1. The van der Waals surface area contributed by atoms with Crippen molar-refractivity contribution in [2.24, 2.45) is 5.16 Å². The first kappa shape index (κ1) is 27.8. The molecule has 0 spiro atoms. The Balaban J connectivity index is 1.58. The molecule has 2 amide bonds. The van der Waals surface area contributed by atoms with Crippen LogP contribution in [0.4, 0.5) is 5.13 Å². The maximum absolute atomic E-state index is 13.3. The molecule has 39 heavy (non-hydrogen) atoms. The third kappa shape index (κ3) is 6.26. The van der Waals surface area contributed by atoms with Gasteiger partial charge >= 0.3 is 11.9 Å². The molecule has 4 heterocycles. The number of oxime groups is 1. The average molecular weight is 573 g/mol. The van der Waals surface area contributed by atoms with Gasteiger partial charge in [-0.05, 0) is 17.2 Å². The number of β-lactam (4-membered cyclic amide) rings is 1. The zero-order chi connectivity index (χ0) is 28.1. The standard InChI is InChI=1S/C24H24N6O7S2/c1-12(31)36-13(2)37-23(34)19-15(7-6-14-5-4-8-26-9-14)10-38-22-18(21(33)30(19)22)28-20(32)17(29-35-3)16-11-39-24(25)27-16/h4-9,11,13,18,22H,10H2,1-3H3,(H2,25,27)(H,28,32)/b7-6+,29-17?/t13?,18-,22+/m1/s1. The second kappa shape index (κ2) is 12.1. The quantitative estimate of drug-likeness (QED) is 0.146. The zero-order valence-electron chi connectivity index (χ0n) is 21.0. The lowest BCUT2D eigenvalue weighted by molar-refractivity contribution is -0.182. The van der Waals surface area contributed by atoms with Crippen LogP contribution in [0.25, 0.3) is 6.08 Å². The molecule has 1 fully saturated rings. The molecule has 1 unspecified atom stereocenters. The Labute approximate surface area is 231 Å². The van der Waals surface area contributed by atoms with Crippen molar-refractivity contribution in [2.75, 3.05) is 18.6 Å². The van der Waals surface area contributed by atoms with E-state index in [9.17, 15) is 19.2 Å². The van der Waals surface area contributed by atoms with Crippen molar-refractivity contribution in [3.63, 3.8) is 0 Å². The third-order valence-electron chi connectivity index (χ3n) is 5.41. The molecule has 3 atom stereocenters. The zero-order valence-corrected chi connectivity index (χ0v) is 22.7. The number of carbonyl (C=O) groups excluding carboxylic acids is 4. The van der Waals surface area contributed by atoms with Gasteiger partial charge in [0.25, 0.3) is 11.8 Å². The van der Waals surface area contributed by atoms with E-state index < -0.39 is 41.5 Å². The van der Waals surface area contributed by atoms with Crippen LogP contribution in [-0.4, -0.2) is 74.9 Å². The molecule has 2 aromatic heterocycles. The number of fused-ring (bicyclic) bond motifs is 1. The largest absolute Gasteiger partial charge is 0.426 e. The fourth-order valence-electron chi connectivity index (χ4n) is 3.80. The van der Waals surface area contributed by atoms with Gasteiger partial charge in [-0.3, -0.25) is 24.3 Å². The van der Waals surface area contributed by atoms with Crippen molar-refractivity contribution < 1.29 is 33.5 Å². The molecule has 0 aromatic carbocycles. The number of thioether (sulfide) groups is 1. The van der Waals surface area contributed by atoms with Crippen LogP contribution in [-0.2, 0) is 33.5 Å². The summed E-state index contributed by atoms with van der Waals surface area (Å²) in [7, 11) is 1.27. The van der Waals surface area contributed by atoms with Gasteiger partial charge in [0.15, 0.2) is 10.8 Å². The molecule has 2 aromatic rings. The lowest BCUT2D eigenvalue weighted by Gasteiger charge is -2.49. The highest BCUT2D eigenvalue weighted by molar-refractivity contribution is 8.00. The number of anilines is 1. The third-order valence-corrected chi connectivity index (χ3v) is 7.38. The highest BCUT2D eigenvalue weighted by Gasteiger charge is 2.54. The number of esters is 2. The van der Waals surface area contributed by atoms with E-state index in [1.807, 2.05) is 6.07 Å². The van der Waals surface area contributed by atoms with Crippen molar-refractivity contribution in [1.29, 1.82) is 0 Å². The SMILES string of the molecule is CON=C(C(=O)N[C@@H]1C(=O)N2C(C(=O)OC(C)OC(C)=O)=C(/C=C/c3cccnc3)CS[C@@H]12)c1csc(N)n1. The van der Waals surface area contributed by atoms with Crippen LogP contribution in [0.5, 0.6) is 0 Å². The van der Waals surface area contributed by atoms with E-state index in [-0.39, 0.29) is 22.2 Å². The van der Waals surface area contributed by atoms with E-state index >= 15 is 0 Å². The number of allylic oxidation sites excluding steroid dienone is 1. The predicted octanol–water partition coefficient (Wildman–Crippen LogP) is 1.29. The van der Waals surface area contributed by atoms with Crippen molar-refractivity contribution >= 4 is 63.8 Å². The molecule has 13 nitrogen and oxygen atoms in total. The Hall–Kier alpha value is -4.24. The summed E-state index contributed by atoms with van der Waals surface area (Å²) < 4.78 is 10.2. The summed E-state index contributed by atoms with van der Waals surface area (Å²) in [6.45, 7) is 2.58. The van der Waals surface area contributed by atoms with Gasteiger partial charge in [-0.25, -0.2) is 9.78 Å². The van der Waals surface area contributed by atoms with E-state index in [0.29, 0.717) is 11.3 Å². The van der Waals surface area contributed by atoms with Crippen LogP contribution < -0.4 is 11.1 Å². The second-order valence-electron chi connectivity index (χ2n) is 8.13. The Kier molecular flexibility index (Phi) is 8.61. The van der Waals surface area contributed by atoms with E-state index in [1.165, 1.54) is 37.6 Å². The maximum atomic E-state index is 13.3. The molecule has 0 bridgehead atoms. The van der Waals surface area contributed by atoms with Crippen molar-refractivity contribution in [1.82, 2.24) is 20.2 Å². The Bertz CT molecular complexity index is 1370. The summed E-state index contributed by atoms with van der Waals surface area (Å²) in [5.74, 6) is -2.38. The highest BCUT2D eigenvalue weighted by atomic mass is 32.2. The molecule has 2 aliphatic rings. The number of nitrogens with one attached hydrogen (secondary N) is 1. The molecule has 0 aliphatic carbocycles. The van der Waals surface area contributed by atoms with Crippen molar-refractivity contribution in [3.05, 3.63) is 58.5 Å². The summed E-state index contributed by atoms with van der Waals surface area (Å²) in [6, 6.07) is 2.64. The van der Waals surface area contributed by atoms with Crippen molar-refractivity contribution in [3.8, 4) is 0 Å². The van der Waals surface area contributed by atoms with Gasteiger partial charge in [-0.15, -0.1) is 23.1 Å². The molecule has 4 rings (SSSR count). The number of rotatable bonds is 9. The van der Waals surface area contributed by atoms with E-state index in [0.717, 1.165) is 16.9 Å². The normalized spacial score (nSPS) is 19.7. The lowest BCUT2D eigenvalue weighted by Crippen LogP contribution is -2.71. The number of thiazole rings is 1. The first-order chi connectivity index (χ1) is 18.7. The number of hydrogen-bond acceptors (Lipinski definition) is 13. The number of ether oxygens (including phenoxy) is 2. The second-order valence-corrected chi connectivity index (χ2v) is 10.1. The fraction of sp³-hybridized carbons (Fsp3) is 0.292. The fourth-order valence-corrected chi connectivity index (χ4v) is 5.66. The minimum absolute atomic E-state index is 0.00792. The molecular formula is C24H24N6O7S2.